The van der Waals surface area contributed by atoms with Gasteiger partial charge in [0, 0.05) is 6.20 Å². The summed E-state index contributed by atoms with van der Waals surface area (Å²) in [5, 5.41) is 7.76. The topological polar surface area (TPSA) is 39.9 Å². The lowest BCUT2D eigenvalue weighted by atomic mass is 10.2. The molecule has 100 valence electrons. The molecule has 0 unspecified atom stereocenters. The molecule has 0 saturated heterocycles. The lowest BCUT2D eigenvalue weighted by Gasteiger charge is -2.08. The molecule has 0 spiro atoms. The summed E-state index contributed by atoms with van der Waals surface area (Å²) < 4.78 is 7.59. The van der Waals surface area contributed by atoms with Gasteiger partial charge in [-0.25, -0.2) is 4.68 Å². The zero-order chi connectivity index (χ0) is 13.6. The minimum atomic E-state index is 0.577. The molecular weight excluding hydrogens is 250 g/mol. The van der Waals surface area contributed by atoms with Crippen molar-refractivity contribution >= 4 is 0 Å². The molecule has 0 aliphatic rings. The van der Waals surface area contributed by atoms with E-state index in [1.54, 1.807) is 10.9 Å². The monoisotopic (exact) mass is 265 g/mol. The van der Waals surface area contributed by atoms with Crippen LogP contribution in [0.2, 0.25) is 0 Å². The Morgan fingerprint density at radius 3 is 2.60 bits per heavy atom. The SMILES string of the molecule is c1ccc(COc2cccc(Cn3ccnn3)c2)cc1. The van der Waals surface area contributed by atoms with E-state index in [0.29, 0.717) is 13.2 Å². The van der Waals surface area contributed by atoms with Crippen molar-refractivity contribution in [2.24, 2.45) is 0 Å². The highest BCUT2D eigenvalue weighted by molar-refractivity contribution is 5.29. The maximum atomic E-state index is 5.81. The maximum absolute atomic E-state index is 5.81. The molecule has 1 heterocycles. The van der Waals surface area contributed by atoms with Crippen LogP contribution >= 0.6 is 0 Å². The van der Waals surface area contributed by atoms with E-state index >= 15 is 0 Å². The predicted octanol–water partition coefficient (Wildman–Crippen LogP) is 2.91. The molecule has 0 N–H and O–H groups in total. The lowest BCUT2D eigenvalue weighted by molar-refractivity contribution is 0.306. The van der Waals surface area contributed by atoms with Crippen molar-refractivity contribution in [3.8, 4) is 5.75 Å². The summed E-state index contributed by atoms with van der Waals surface area (Å²) in [7, 11) is 0. The molecule has 2 aromatic carbocycles. The minimum absolute atomic E-state index is 0.577. The van der Waals surface area contributed by atoms with Crippen LogP contribution in [-0.4, -0.2) is 15.0 Å². The van der Waals surface area contributed by atoms with E-state index in [0.717, 1.165) is 16.9 Å². The minimum Gasteiger partial charge on any atom is -0.489 e. The van der Waals surface area contributed by atoms with E-state index in [1.807, 2.05) is 42.6 Å². The third kappa shape index (κ3) is 3.23. The van der Waals surface area contributed by atoms with Crippen molar-refractivity contribution in [1.82, 2.24) is 15.0 Å². The van der Waals surface area contributed by atoms with Gasteiger partial charge < -0.3 is 4.74 Å². The second-order valence-corrected chi connectivity index (χ2v) is 4.52. The lowest BCUT2D eigenvalue weighted by Crippen LogP contribution is -2.01. The summed E-state index contributed by atoms with van der Waals surface area (Å²) in [5.74, 6) is 0.867. The molecule has 0 aliphatic heterocycles. The average molecular weight is 265 g/mol. The van der Waals surface area contributed by atoms with Crippen LogP contribution in [0.25, 0.3) is 0 Å². The van der Waals surface area contributed by atoms with E-state index in [9.17, 15) is 0 Å². The van der Waals surface area contributed by atoms with Gasteiger partial charge in [-0.3, -0.25) is 0 Å². The fourth-order valence-electron chi connectivity index (χ4n) is 1.98. The summed E-state index contributed by atoms with van der Waals surface area (Å²) >= 11 is 0. The third-order valence-corrected chi connectivity index (χ3v) is 2.96. The number of benzene rings is 2. The number of ether oxygens (including phenoxy) is 1. The first-order valence-electron chi connectivity index (χ1n) is 6.50. The molecule has 0 fully saturated rings. The molecule has 0 amide bonds. The molecule has 0 aliphatic carbocycles. The Labute approximate surface area is 117 Å². The van der Waals surface area contributed by atoms with Gasteiger partial charge in [0.25, 0.3) is 0 Å². The van der Waals surface area contributed by atoms with Gasteiger partial charge >= 0.3 is 0 Å². The van der Waals surface area contributed by atoms with Gasteiger partial charge in [0.1, 0.15) is 12.4 Å². The first-order chi connectivity index (χ1) is 9.90. The van der Waals surface area contributed by atoms with Crippen molar-refractivity contribution in [1.29, 1.82) is 0 Å². The fourth-order valence-corrected chi connectivity index (χ4v) is 1.98. The second-order valence-electron chi connectivity index (χ2n) is 4.52. The van der Waals surface area contributed by atoms with Crippen molar-refractivity contribution in [2.45, 2.75) is 13.2 Å². The number of nitrogens with zero attached hydrogens (tertiary/aromatic N) is 3. The Hall–Kier alpha value is -2.62. The first kappa shape index (κ1) is 12.4. The summed E-state index contributed by atoms with van der Waals surface area (Å²) in [5.41, 5.74) is 2.30. The van der Waals surface area contributed by atoms with E-state index in [-0.39, 0.29) is 0 Å². The Balaban J connectivity index is 1.65. The third-order valence-electron chi connectivity index (χ3n) is 2.96. The van der Waals surface area contributed by atoms with Crippen LogP contribution in [-0.2, 0) is 13.2 Å². The van der Waals surface area contributed by atoms with Crippen molar-refractivity contribution in [2.75, 3.05) is 0 Å². The molecular formula is C16H15N3O. The zero-order valence-electron chi connectivity index (χ0n) is 11.0. The highest BCUT2D eigenvalue weighted by Crippen LogP contribution is 2.15. The molecule has 4 heteroatoms. The molecule has 0 bridgehead atoms. The van der Waals surface area contributed by atoms with Gasteiger partial charge in [-0.15, -0.1) is 5.10 Å². The van der Waals surface area contributed by atoms with E-state index < -0.39 is 0 Å². The number of hydrogen-bond donors (Lipinski definition) is 0. The van der Waals surface area contributed by atoms with Crippen LogP contribution in [0, 0.1) is 0 Å². The van der Waals surface area contributed by atoms with Crippen molar-refractivity contribution in [3.05, 3.63) is 78.1 Å². The normalized spacial score (nSPS) is 10.4. The van der Waals surface area contributed by atoms with E-state index in [2.05, 4.69) is 28.5 Å². The Morgan fingerprint density at radius 1 is 0.950 bits per heavy atom. The van der Waals surface area contributed by atoms with Gasteiger partial charge in [0.2, 0.25) is 0 Å². The summed E-state index contributed by atoms with van der Waals surface area (Å²) in [6.45, 7) is 1.27. The summed E-state index contributed by atoms with van der Waals surface area (Å²) in [6.07, 6.45) is 3.52. The van der Waals surface area contributed by atoms with Gasteiger partial charge in [0.15, 0.2) is 0 Å². The Morgan fingerprint density at radius 2 is 1.80 bits per heavy atom. The molecule has 3 aromatic rings. The molecule has 0 atom stereocenters. The Kier molecular flexibility index (Phi) is 3.73. The van der Waals surface area contributed by atoms with E-state index in [4.69, 9.17) is 4.74 Å². The molecule has 1 aromatic heterocycles. The fraction of sp³-hybridized carbons (Fsp3) is 0.125. The summed E-state index contributed by atoms with van der Waals surface area (Å²) in [6, 6.07) is 18.2. The molecule has 4 nitrogen and oxygen atoms in total. The molecule has 0 saturated carbocycles. The smallest absolute Gasteiger partial charge is 0.120 e. The van der Waals surface area contributed by atoms with Crippen LogP contribution in [0.3, 0.4) is 0 Å². The van der Waals surface area contributed by atoms with Gasteiger partial charge in [0.05, 0.1) is 12.7 Å². The second kappa shape index (κ2) is 6.02. The number of rotatable bonds is 5. The largest absolute Gasteiger partial charge is 0.489 e. The summed E-state index contributed by atoms with van der Waals surface area (Å²) in [4.78, 5) is 0. The number of hydrogen-bond acceptors (Lipinski definition) is 3. The van der Waals surface area contributed by atoms with Crippen LogP contribution in [0.1, 0.15) is 11.1 Å². The molecule has 3 rings (SSSR count). The van der Waals surface area contributed by atoms with Gasteiger partial charge in [-0.2, -0.15) is 0 Å². The highest BCUT2D eigenvalue weighted by Gasteiger charge is 2.00. The van der Waals surface area contributed by atoms with Gasteiger partial charge in [-0.1, -0.05) is 47.7 Å². The van der Waals surface area contributed by atoms with Crippen molar-refractivity contribution < 1.29 is 4.74 Å². The van der Waals surface area contributed by atoms with E-state index in [1.165, 1.54) is 0 Å². The highest BCUT2D eigenvalue weighted by atomic mass is 16.5. The Bertz CT molecular complexity index is 651. The van der Waals surface area contributed by atoms with Crippen LogP contribution in [0.4, 0.5) is 0 Å². The standard InChI is InChI=1S/C16H15N3O/c1-2-5-14(6-3-1)13-20-16-8-4-7-15(11-16)12-19-10-9-17-18-19/h1-11H,12-13H2. The van der Waals surface area contributed by atoms with Gasteiger partial charge in [-0.05, 0) is 23.3 Å². The maximum Gasteiger partial charge on any atom is 0.120 e. The zero-order valence-corrected chi connectivity index (χ0v) is 11.0. The van der Waals surface area contributed by atoms with Crippen LogP contribution in [0.15, 0.2) is 67.0 Å². The molecule has 20 heavy (non-hydrogen) atoms. The first-order valence-corrected chi connectivity index (χ1v) is 6.50. The predicted molar refractivity (Wildman–Crippen MR) is 76.3 cm³/mol. The van der Waals surface area contributed by atoms with Crippen LogP contribution in [0.5, 0.6) is 5.75 Å². The quantitative estimate of drug-likeness (QED) is 0.712. The van der Waals surface area contributed by atoms with Crippen molar-refractivity contribution in [3.63, 3.8) is 0 Å². The average Bonchev–Trinajstić information content (AvgIpc) is 3.00. The molecule has 0 radical (unpaired) electrons. The van der Waals surface area contributed by atoms with Crippen LogP contribution < -0.4 is 4.74 Å². The number of aromatic nitrogens is 3.